The number of hydrogen-bond donors (Lipinski definition) is 2. The average molecular weight is 512 g/mol. The van der Waals surface area contributed by atoms with Crippen LogP contribution in [0.2, 0.25) is 0 Å². The summed E-state index contributed by atoms with van der Waals surface area (Å²) in [7, 11) is 0. The van der Waals surface area contributed by atoms with E-state index in [4.69, 9.17) is 0 Å². The van der Waals surface area contributed by atoms with Crippen molar-refractivity contribution in [2.24, 2.45) is 0 Å². The number of rotatable bonds is 4. The van der Waals surface area contributed by atoms with Crippen LogP contribution in [0.5, 0.6) is 0 Å². The molecule has 2 N–H and O–H groups in total. The maximum Gasteiger partial charge on any atom is 0.421 e. The molecule has 3 aromatic rings. The Kier molecular flexibility index (Phi) is 6.02. The van der Waals surface area contributed by atoms with E-state index in [0.29, 0.717) is 11.4 Å². The first-order valence-electron chi connectivity index (χ1n) is 8.87. The van der Waals surface area contributed by atoms with Crippen LogP contribution in [0.25, 0.3) is 0 Å². The topological polar surface area (TPSA) is 49.8 Å². The Labute approximate surface area is 181 Å². The van der Waals surface area contributed by atoms with Crippen LogP contribution in [0.1, 0.15) is 31.9 Å². The predicted molar refractivity (Wildman–Crippen MR) is 118 cm³/mol. The van der Waals surface area contributed by atoms with Crippen molar-refractivity contribution in [1.29, 1.82) is 0 Å². The van der Waals surface area contributed by atoms with E-state index in [9.17, 15) is 13.2 Å². The number of aromatic nitrogens is 2. The summed E-state index contributed by atoms with van der Waals surface area (Å²) in [6, 6.07) is 14.6. The Morgan fingerprint density at radius 3 is 1.93 bits per heavy atom. The molecule has 2 aromatic carbocycles. The van der Waals surface area contributed by atoms with Crippen molar-refractivity contribution in [2.45, 2.75) is 32.4 Å². The fourth-order valence-corrected chi connectivity index (χ4v) is 2.96. The Hall–Kier alpha value is -2.36. The SMILES string of the molecule is CC(C)(C)c1ccc(Nc2ncc(C(F)(F)F)c(Nc3ccc(I)cc3)n2)cc1. The average Bonchev–Trinajstić information content (AvgIpc) is 2.62. The van der Waals surface area contributed by atoms with Crippen LogP contribution in [-0.4, -0.2) is 9.97 Å². The molecule has 4 nitrogen and oxygen atoms in total. The highest BCUT2D eigenvalue weighted by Gasteiger charge is 2.35. The van der Waals surface area contributed by atoms with Crippen LogP contribution in [0, 0.1) is 3.57 Å². The Bertz CT molecular complexity index is 979. The van der Waals surface area contributed by atoms with Gasteiger partial charge in [-0.1, -0.05) is 32.9 Å². The molecule has 1 heterocycles. The largest absolute Gasteiger partial charge is 0.421 e. The van der Waals surface area contributed by atoms with E-state index in [1.54, 1.807) is 24.3 Å². The first kappa shape index (κ1) is 21.4. The van der Waals surface area contributed by atoms with E-state index in [0.717, 1.165) is 15.3 Å². The fraction of sp³-hybridized carbons (Fsp3) is 0.238. The van der Waals surface area contributed by atoms with Crippen LogP contribution in [0.3, 0.4) is 0 Å². The second-order valence-corrected chi connectivity index (χ2v) is 8.78. The predicted octanol–water partition coefficient (Wildman–Crippen LogP) is 6.88. The molecule has 8 heteroatoms. The van der Waals surface area contributed by atoms with Gasteiger partial charge >= 0.3 is 6.18 Å². The number of nitrogens with zero attached hydrogens (tertiary/aromatic N) is 2. The molecule has 0 atom stereocenters. The molecule has 3 rings (SSSR count). The molecule has 0 saturated heterocycles. The van der Waals surface area contributed by atoms with Gasteiger partial charge in [0.2, 0.25) is 5.95 Å². The van der Waals surface area contributed by atoms with Crippen molar-refractivity contribution in [2.75, 3.05) is 10.6 Å². The molecule has 0 aliphatic carbocycles. The van der Waals surface area contributed by atoms with Crippen molar-refractivity contribution in [3.8, 4) is 0 Å². The number of nitrogens with one attached hydrogen (secondary N) is 2. The van der Waals surface area contributed by atoms with E-state index in [1.807, 2.05) is 24.3 Å². The lowest BCUT2D eigenvalue weighted by Gasteiger charge is -2.19. The molecule has 0 aliphatic heterocycles. The van der Waals surface area contributed by atoms with Gasteiger partial charge in [0.05, 0.1) is 0 Å². The Balaban J connectivity index is 1.89. The van der Waals surface area contributed by atoms with Crippen LogP contribution in [0.15, 0.2) is 54.7 Å². The van der Waals surface area contributed by atoms with Crippen molar-refractivity contribution >= 4 is 45.7 Å². The number of anilines is 4. The van der Waals surface area contributed by atoms with Crippen molar-refractivity contribution in [3.63, 3.8) is 0 Å². The minimum atomic E-state index is -4.57. The number of hydrogen-bond acceptors (Lipinski definition) is 4. The third-order valence-corrected chi connectivity index (χ3v) is 4.93. The third kappa shape index (κ3) is 5.59. The molecule has 0 bridgehead atoms. The van der Waals surface area contributed by atoms with E-state index < -0.39 is 11.7 Å². The van der Waals surface area contributed by atoms with Gasteiger partial charge in [-0.3, -0.25) is 0 Å². The monoisotopic (exact) mass is 512 g/mol. The summed E-state index contributed by atoms with van der Waals surface area (Å²) in [4.78, 5) is 7.91. The van der Waals surface area contributed by atoms with Crippen molar-refractivity contribution in [1.82, 2.24) is 9.97 Å². The molecule has 1 aromatic heterocycles. The molecule has 0 spiro atoms. The molecule has 0 aliphatic rings. The minimum absolute atomic E-state index is 0.00791. The molecule has 0 fully saturated rings. The highest BCUT2D eigenvalue weighted by molar-refractivity contribution is 14.1. The second-order valence-electron chi connectivity index (χ2n) is 7.54. The first-order chi connectivity index (χ1) is 13.5. The number of halogens is 4. The molecular weight excluding hydrogens is 492 g/mol. The normalized spacial score (nSPS) is 12.0. The standard InChI is InChI=1S/C21H20F3IN4/c1-20(2,3)13-4-8-16(9-5-13)28-19-26-12-17(21(22,23)24)18(29-19)27-15-10-6-14(25)7-11-15/h4-12H,1-3H3,(H2,26,27,28,29). The van der Waals surface area contributed by atoms with Gasteiger partial charge in [0, 0.05) is 21.1 Å². The molecular formula is C21H20F3IN4. The van der Waals surface area contributed by atoms with Crippen LogP contribution >= 0.6 is 22.6 Å². The van der Waals surface area contributed by atoms with Crippen molar-refractivity contribution < 1.29 is 13.2 Å². The Morgan fingerprint density at radius 2 is 1.38 bits per heavy atom. The summed E-state index contributed by atoms with van der Waals surface area (Å²) in [6.45, 7) is 6.32. The third-order valence-electron chi connectivity index (χ3n) is 4.21. The van der Waals surface area contributed by atoms with Crippen LogP contribution in [-0.2, 0) is 11.6 Å². The summed E-state index contributed by atoms with van der Waals surface area (Å²) < 4.78 is 41.1. The van der Waals surface area contributed by atoms with Crippen LogP contribution < -0.4 is 10.6 Å². The number of alkyl halides is 3. The zero-order chi connectivity index (χ0) is 21.2. The first-order valence-corrected chi connectivity index (χ1v) is 9.95. The lowest BCUT2D eigenvalue weighted by molar-refractivity contribution is -0.137. The number of benzene rings is 2. The fourth-order valence-electron chi connectivity index (χ4n) is 2.60. The molecule has 0 saturated carbocycles. The minimum Gasteiger partial charge on any atom is -0.340 e. The zero-order valence-corrected chi connectivity index (χ0v) is 18.3. The quantitative estimate of drug-likeness (QED) is 0.374. The van der Waals surface area contributed by atoms with Crippen molar-refractivity contribution in [3.05, 3.63) is 69.4 Å². The Morgan fingerprint density at radius 1 is 0.828 bits per heavy atom. The van der Waals surface area contributed by atoms with Crippen LogP contribution in [0.4, 0.5) is 36.3 Å². The smallest absolute Gasteiger partial charge is 0.340 e. The van der Waals surface area contributed by atoms with E-state index in [1.165, 1.54) is 0 Å². The summed E-state index contributed by atoms with van der Waals surface area (Å²) in [5.41, 5.74) is 1.43. The van der Waals surface area contributed by atoms with Gasteiger partial charge in [0.15, 0.2) is 0 Å². The summed E-state index contributed by atoms with van der Waals surface area (Å²) in [6.07, 6.45) is -3.79. The lowest BCUT2D eigenvalue weighted by atomic mass is 9.87. The van der Waals surface area contributed by atoms with Gasteiger partial charge in [-0.2, -0.15) is 18.2 Å². The second kappa shape index (κ2) is 8.17. The molecule has 0 radical (unpaired) electrons. The molecule has 152 valence electrons. The lowest BCUT2D eigenvalue weighted by Crippen LogP contribution is -2.13. The van der Waals surface area contributed by atoms with Gasteiger partial charge in [0.25, 0.3) is 0 Å². The summed E-state index contributed by atoms with van der Waals surface area (Å²) in [5, 5.41) is 5.71. The van der Waals surface area contributed by atoms with Gasteiger partial charge in [-0.15, -0.1) is 0 Å². The highest BCUT2D eigenvalue weighted by atomic mass is 127. The zero-order valence-electron chi connectivity index (χ0n) is 16.1. The van der Waals surface area contributed by atoms with E-state index >= 15 is 0 Å². The van der Waals surface area contributed by atoms with Gasteiger partial charge in [0.1, 0.15) is 11.4 Å². The maximum atomic E-state index is 13.4. The van der Waals surface area contributed by atoms with E-state index in [2.05, 4.69) is 64.0 Å². The molecule has 0 unspecified atom stereocenters. The van der Waals surface area contributed by atoms with Gasteiger partial charge < -0.3 is 10.6 Å². The molecule has 29 heavy (non-hydrogen) atoms. The highest BCUT2D eigenvalue weighted by Crippen LogP contribution is 2.35. The summed E-state index contributed by atoms with van der Waals surface area (Å²) in [5.74, 6) is -0.225. The summed E-state index contributed by atoms with van der Waals surface area (Å²) >= 11 is 2.13. The van der Waals surface area contributed by atoms with Gasteiger partial charge in [-0.25, -0.2) is 4.98 Å². The molecule has 0 amide bonds. The van der Waals surface area contributed by atoms with E-state index in [-0.39, 0.29) is 17.2 Å². The maximum absolute atomic E-state index is 13.4. The van der Waals surface area contributed by atoms with Gasteiger partial charge in [-0.05, 0) is 70.0 Å².